The molecule has 2 aromatic carbocycles. The van der Waals surface area contributed by atoms with E-state index in [1.165, 1.54) is 4.90 Å². The first-order valence-corrected chi connectivity index (χ1v) is 9.55. The Hall–Kier alpha value is -3.55. The van der Waals surface area contributed by atoms with Crippen molar-refractivity contribution in [3.05, 3.63) is 53.6 Å². The van der Waals surface area contributed by atoms with Crippen LogP contribution in [0.4, 0.5) is 5.69 Å². The van der Waals surface area contributed by atoms with E-state index in [2.05, 4.69) is 5.32 Å². The number of rotatable bonds is 8. The molecule has 1 atom stereocenters. The van der Waals surface area contributed by atoms with E-state index in [4.69, 9.17) is 14.6 Å². The maximum atomic E-state index is 12.4. The first-order valence-electron chi connectivity index (χ1n) is 9.55. The third-order valence-corrected chi connectivity index (χ3v) is 5.06. The highest BCUT2D eigenvalue weighted by Crippen LogP contribution is 2.28. The number of carbonyl (C=O) groups excluding carboxylic acids is 2. The fraction of sp³-hybridized carbons (Fsp3) is 0.318. The minimum absolute atomic E-state index is 0.00623. The maximum Gasteiger partial charge on any atom is 0.308 e. The number of hydrogen-bond acceptors (Lipinski definition) is 5. The van der Waals surface area contributed by atoms with Gasteiger partial charge in [-0.15, -0.1) is 0 Å². The Morgan fingerprint density at radius 1 is 1.10 bits per heavy atom. The van der Waals surface area contributed by atoms with Crippen molar-refractivity contribution in [3.63, 3.8) is 0 Å². The number of benzene rings is 2. The van der Waals surface area contributed by atoms with E-state index in [0.717, 1.165) is 5.56 Å². The summed E-state index contributed by atoms with van der Waals surface area (Å²) < 4.78 is 10.5. The van der Waals surface area contributed by atoms with E-state index < -0.39 is 11.9 Å². The predicted molar refractivity (Wildman–Crippen MR) is 110 cm³/mol. The van der Waals surface area contributed by atoms with Gasteiger partial charge < -0.3 is 24.8 Å². The van der Waals surface area contributed by atoms with Gasteiger partial charge in [0.05, 0.1) is 20.1 Å². The molecule has 0 bridgehead atoms. The number of aliphatic carboxylic acids is 1. The summed E-state index contributed by atoms with van der Waals surface area (Å²) in [6.07, 6.45) is 0.622. The molecule has 2 aromatic rings. The van der Waals surface area contributed by atoms with Gasteiger partial charge >= 0.3 is 5.97 Å². The fourth-order valence-corrected chi connectivity index (χ4v) is 3.37. The minimum atomic E-state index is -0.976. The lowest BCUT2D eigenvalue weighted by molar-refractivity contribution is -0.141. The van der Waals surface area contributed by atoms with Gasteiger partial charge in [0, 0.05) is 30.8 Å². The minimum Gasteiger partial charge on any atom is -0.493 e. The molecule has 8 nitrogen and oxygen atoms in total. The molecule has 1 aliphatic heterocycles. The second kappa shape index (κ2) is 9.30. The molecule has 2 amide bonds. The quantitative estimate of drug-likeness (QED) is 0.688. The van der Waals surface area contributed by atoms with Crippen LogP contribution in [-0.4, -0.2) is 50.2 Å². The van der Waals surface area contributed by atoms with Gasteiger partial charge in [0.15, 0.2) is 11.5 Å². The lowest BCUT2D eigenvalue weighted by Crippen LogP contribution is -2.27. The molecular formula is C22H24N2O6. The van der Waals surface area contributed by atoms with Gasteiger partial charge in [-0.1, -0.05) is 6.07 Å². The molecule has 30 heavy (non-hydrogen) atoms. The number of carbonyl (C=O) groups is 3. The molecule has 0 saturated carbocycles. The van der Waals surface area contributed by atoms with Gasteiger partial charge in [-0.05, 0) is 48.4 Å². The van der Waals surface area contributed by atoms with E-state index >= 15 is 0 Å². The number of methoxy groups -OCH3 is 2. The molecule has 0 aliphatic carbocycles. The summed E-state index contributed by atoms with van der Waals surface area (Å²) in [5.41, 5.74) is 2.06. The van der Waals surface area contributed by atoms with E-state index in [9.17, 15) is 14.4 Å². The first kappa shape index (κ1) is 21.2. The Kier molecular flexibility index (Phi) is 6.56. The number of carboxylic acids is 1. The van der Waals surface area contributed by atoms with Crippen molar-refractivity contribution < 1.29 is 29.0 Å². The normalized spacial score (nSPS) is 15.7. The number of nitrogens with one attached hydrogen (secondary N) is 1. The number of carboxylic acid groups (broad SMARTS) is 1. The molecule has 1 saturated heterocycles. The van der Waals surface area contributed by atoms with Crippen LogP contribution >= 0.6 is 0 Å². The summed E-state index contributed by atoms with van der Waals surface area (Å²) in [5.74, 6) is -0.837. The van der Waals surface area contributed by atoms with Crippen molar-refractivity contribution in [2.75, 3.05) is 32.2 Å². The molecular weight excluding hydrogens is 388 g/mol. The Bertz CT molecular complexity index is 941. The standard InChI is InChI=1S/C22H24N2O6/c1-29-18-8-3-14(11-19(18)30-2)9-10-23-21(26)15-4-6-17(7-5-15)24-13-16(22(27)28)12-20(24)25/h3-8,11,16H,9-10,12-13H2,1-2H3,(H,23,26)(H,27,28). The first-order chi connectivity index (χ1) is 14.4. The highest BCUT2D eigenvalue weighted by Gasteiger charge is 2.35. The van der Waals surface area contributed by atoms with Crippen LogP contribution in [0.15, 0.2) is 42.5 Å². The Morgan fingerprint density at radius 2 is 1.80 bits per heavy atom. The lowest BCUT2D eigenvalue weighted by atomic mass is 10.1. The van der Waals surface area contributed by atoms with Crippen molar-refractivity contribution >= 4 is 23.5 Å². The zero-order valence-electron chi connectivity index (χ0n) is 16.9. The lowest BCUT2D eigenvalue weighted by Gasteiger charge is -2.16. The van der Waals surface area contributed by atoms with Gasteiger partial charge in [0.2, 0.25) is 5.91 Å². The average molecular weight is 412 g/mol. The Balaban J connectivity index is 1.55. The molecule has 2 N–H and O–H groups in total. The van der Waals surface area contributed by atoms with Crippen LogP contribution in [-0.2, 0) is 16.0 Å². The third-order valence-electron chi connectivity index (χ3n) is 5.06. The summed E-state index contributed by atoms with van der Waals surface area (Å²) in [6.45, 7) is 0.589. The number of amides is 2. The van der Waals surface area contributed by atoms with Gasteiger partial charge in [-0.2, -0.15) is 0 Å². The second-order valence-corrected chi connectivity index (χ2v) is 6.99. The van der Waals surface area contributed by atoms with Crippen molar-refractivity contribution in [3.8, 4) is 11.5 Å². The molecule has 3 rings (SSSR count). The van der Waals surface area contributed by atoms with Crippen LogP contribution in [0.1, 0.15) is 22.3 Å². The van der Waals surface area contributed by atoms with Crippen LogP contribution < -0.4 is 19.7 Å². The summed E-state index contributed by atoms with van der Waals surface area (Å²) in [4.78, 5) is 37.0. The third kappa shape index (κ3) is 4.71. The molecule has 1 fully saturated rings. The van der Waals surface area contributed by atoms with Crippen molar-refractivity contribution in [2.24, 2.45) is 5.92 Å². The maximum absolute atomic E-state index is 12.4. The predicted octanol–water partition coefficient (Wildman–Crippen LogP) is 2.11. The Morgan fingerprint density at radius 3 is 2.40 bits per heavy atom. The monoisotopic (exact) mass is 412 g/mol. The second-order valence-electron chi connectivity index (χ2n) is 6.99. The number of ether oxygens (including phenoxy) is 2. The number of nitrogens with zero attached hydrogens (tertiary/aromatic N) is 1. The van der Waals surface area contributed by atoms with Crippen molar-refractivity contribution in [2.45, 2.75) is 12.8 Å². The topological polar surface area (TPSA) is 105 Å². The molecule has 158 valence electrons. The van der Waals surface area contributed by atoms with E-state index in [1.54, 1.807) is 38.5 Å². The number of anilines is 1. The SMILES string of the molecule is COc1ccc(CCNC(=O)c2ccc(N3CC(C(=O)O)CC3=O)cc2)cc1OC. The molecule has 0 aromatic heterocycles. The summed E-state index contributed by atoms with van der Waals surface area (Å²) in [7, 11) is 3.15. The van der Waals surface area contributed by atoms with Crippen LogP contribution in [0.3, 0.4) is 0 Å². The zero-order chi connectivity index (χ0) is 21.7. The Labute approximate surface area is 174 Å². The summed E-state index contributed by atoms with van der Waals surface area (Å²) >= 11 is 0. The summed E-state index contributed by atoms with van der Waals surface area (Å²) in [5, 5.41) is 12.0. The smallest absolute Gasteiger partial charge is 0.308 e. The van der Waals surface area contributed by atoms with Crippen LogP contribution in [0.2, 0.25) is 0 Å². The summed E-state index contributed by atoms with van der Waals surface area (Å²) in [6, 6.07) is 12.2. The zero-order valence-corrected chi connectivity index (χ0v) is 16.9. The van der Waals surface area contributed by atoms with Crippen molar-refractivity contribution in [1.82, 2.24) is 5.32 Å². The highest BCUT2D eigenvalue weighted by atomic mass is 16.5. The van der Waals surface area contributed by atoms with Crippen LogP contribution in [0.5, 0.6) is 11.5 Å². The molecule has 1 heterocycles. The molecule has 0 radical (unpaired) electrons. The van der Waals surface area contributed by atoms with Gasteiger partial charge in [-0.25, -0.2) is 0 Å². The van der Waals surface area contributed by atoms with Crippen LogP contribution in [0.25, 0.3) is 0 Å². The van der Waals surface area contributed by atoms with Gasteiger partial charge in [0.1, 0.15) is 0 Å². The number of hydrogen-bond donors (Lipinski definition) is 2. The fourth-order valence-electron chi connectivity index (χ4n) is 3.37. The molecule has 1 aliphatic rings. The van der Waals surface area contributed by atoms with Crippen LogP contribution in [0, 0.1) is 5.92 Å². The van der Waals surface area contributed by atoms with Gasteiger partial charge in [0.25, 0.3) is 5.91 Å². The van der Waals surface area contributed by atoms with E-state index in [0.29, 0.717) is 35.7 Å². The van der Waals surface area contributed by atoms with Gasteiger partial charge in [-0.3, -0.25) is 14.4 Å². The molecule has 1 unspecified atom stereocenters. The highest BCUT2D eigenvalue weighted by molar-refractivity contribution is 6.00. The average Bonchev–Trinajstić information content (AvgIpc) is 3.15. The molecule has 8 heteroatoms. The largest absolute Gasteiger partial charge is 0.493 e. The molecule has 0 spiro atoms. The van der Waals surface area contributed by atoms with E-state index in [-0.39, 0.29) is 24.8 Å². The van der Waals surface area contributed by atoms with Crippen molar-refractivity contribution in [1.29, 1.82) is 0 Å². The van der Waals surface area contributed by atoms with E-state index in [1.807, 2.05) is 18.2 Å².